The van der Waals surface area contributed by atoms with E-state index in [1.165, 1.54) is 0 Å². The van der Waals surface area contributed by atoms with Crippen molar-refractivity contribution in [2.45, 2.75) is 31.2 Å². The molecule has 0 fully saturated rings. The van der Waals surface area contributed by atoms with Gasteiger partial charge in [0.25, 0.3) is 15.9 Å². The van der Waals surface area contributed by atoms with Crippen LogP contribution < -0.4 is 10.0 Å². The van der Waals surface area contributed by atoms with E-state index in [1.54, 1.807) is 68.4 Å². The second kappa shape index (κ2) is 11.7. The molecule has 4 rings (SSSR count). The first-order valence-electron chi connectivity index (χ1n) is 12.1. The molecule has 0 radical (unpaired) electrons. The molecule has 0 unspecified atom stereocenters. The van der Waals surface area contributed by atoms with E-state index in [9.17, 15) is 23.1 Å². The highest BCUT2D eigenvalue weighted by atomic mass is 35.5. The number of anilines is 1. The summed E-state index contributed by atoms with van der Waals surface area (Å²) in [5.74, 6) is -1.62. The van der Waals surface area contributed by atoms with Crippen LogP contribution in [0.3, 0.4) is 0 Å². The Morgan fingerprint density at radius 3 is 2.21 bits per heavy atom. The SMILES string of the molecule is Cc1cc(S(=O)(=O)Nc2cccc(-c3ccc(C(=O)N[C@@H](Cc4ccccc4)C(=O)O)cc3)c2)c(C)cc1Cl. The lowest BCUT2D eigenvalue weighted by Gasteiger charge is -2.15. The molecule has 0 bridgehead atoms. The molecule has 4 aromatic carbocycles. The molecule has 200 valence electrons. The second-order valence-corrected chi connectivity index (χ2v) is 11.2. The fourth-order valence-electron chi connectivity index (χ4n) is 4.12. The number of carbonyl (C=O) groups is 2. The Hall–Kier alpha value is -4.14. The standard InChI is InChI=1S/C30H27ClN2O5S/c1-19-16-28(20(2)15-26(19)31)39(37,38)33-25-10-6-9-24(18-25)22-11-13-23(14-12-22)29(34)32-27(30(35)36)17-21-7-4-3-5-8-21/h3-16,18,27,33H,17H2,1-2H3,(H,32,34)(H,35,36)/t27-/m0/s1. The summed E-state index contributed by atoms with van der Waals surface area (Å²) < 4.78 is 28.8. The maximum Gasteiger partial charge on any atom is 0.326 e. The third-order valence-corrected chi connectivity index (χ3v) is 8.16. The van der Waals surface area contributed by atoms with E-state index in [1.807, 2.05) is 36.4 Å². The molecule has 7 nitrogen and oxygen atoms in total. The largest absolute Gasteiger partial charge is 0.480 e. The van der Waals surface area contributed by atoms with Crippen molar-refractivity contribution in [2.24, 2.45) is 0 Å². The second-order valence-electron chi connectivity index (χ2n) is 9.18. The average molecular weight is 563 g/mol. The zero-order valence-corrected chi connectivity index (χ0v) is 22.9. The highest BCUT2D eigenvalue weighted by Gasteiger charge is 2.22. The summed E-state index contributed by atoms with van der Waals surface area (Å²) in [4.78, 5) is 24.6. The lowest BCUT2D eigenvalue weighted by molar-refractivity contribution is -0.139. The Labute approximate surface area is 232 Å². The summed E-state index contributed by atoms with van der Waals surface area (Å²) in [5, 5.41) is 12.7. The van der Waals surface area contributed by atoms with Crippen molar-refractivity contribution in [1.82, 2.24) is 5.32 Å². The van der Waals surface area contributed by atoms with Crippen LogP contribution in [-0.4, -0.2) is 31.4 Å². The van der Waals surface area contributed by atoms with Crippen LogP contribution in [0, 0.1) is 13.8 Å². The zero-order chi connectivity index (χ0) is 28.2. The van der Waals surface area contributed by atoms with Crippen LogP contribution in [0.2, 0.25) is 5.02 Å². The normalized spacial score (nSPS) is 12.0. The molecular weight excluding hydrogens is 536 g/mol. The summed E-state index contributed by atoms with van der Waals surface area (Å²) in [6, 6.07) is 24.7. The molecule has 9 heteroatoms. The molecule has 0 aromatic heterocycles. The van der Waals surface area contributed by atoms with Gasteiger partial charge in [0.15, 0.2) is 0 Å². The molecular formula is C30H27ClN2O5S. The molecule has 0 saturated carbocycles. The van der Waals surface area contributed by atoms with E-state index in [0.717, 1.165) is 16.7 Å². The van der Waals surface area contributed by atoms with Crippen LogP contribution in [-0.2, 0) is 21.2 Å². The van der Waals surface area contributed by atoms with Crippen LogP contribution >= 0.6 is 11.6 Å². The van der Waals surface area contributed by atoms with Gasteiger partial charge in [0.1, 0.15) is 6.04 Å². The number of hydrogen-bond donors (Lipinski definition) is 3. The first-order chi connectivity index (χ1) is 18.5. The van der Waals surface area contributed by atoms with Crippen LogP contribution in [0.4, 0.5) is 5.69 Å². The number of sulfonamides is 1. The van der Waals surface area contributed by atoms with Crippen molar-refractivity contribution in [3.05, 3.63) is 118 Å². The number of aryl methyl sites for hydroxylation is 2. The first kappa shape index (κ1) is 27.9. The Balaban J connectivity index is 1.49. The summed E-state index contributed by atoms with van der Waals surface area (Å²) in [6.45, 7) is 3.44. The summed E-state index contributed by atoms with van der Waals surface area (Å²) in [7, 11) is -3.85. The number of benzene rings is 4. The third kappa shape index (κ3) is 6.85. The highest BCUT2D eigenvalue weighted by molar-refractivity contribution is 7.92. The number of amides is 1. The van der Waals surface area contributed by atoms with Crippen molar-refractivity contribution >= 4 is 39.2 Å². The Morgan fingerprint density at radius 1 is 0.846 bits per heavy atom. The minimum Gasteiger partial charge on any atom is -0.480 e. The van der Waals surface area contributed by atoms with Gasteiger partial charge in [-0.25, -0.2) is 13.2 Å². The summed E-state index contributed by atoms with van der Waals surface area (Å²) >= 11 is 6.12. The fourth-order valence-corrected chi connectivity index (χ4v) is 5.70. The molecule has 0 aliphatic rings. The molecule has 4 aromatic rings. The Bertz CT molecular complexity index is 1620. The minimum atomic E-state index is -3.85. The van der Waals surface area contributed by atoms with E-state index >= 15 is 0 Å². The summed E-state index contributed by atoms with van der Waals surface area (Å²) in [5.41, 5.74) is 4.18. The fraction of sp³-hybridized carbons (Fsp3) is 0.133. The quantitative estimate of drug-likeness (QED) is 0.237. The van der Waals surface area contributed by atoms with Crippen molar-refractivity contribution in [2.75, 3.05) is 4.72 Å². The van der Waals surface area contributed by atoms with Gasteiger partial charge in [-0.1, -0.05) is 66.2 Å². The van der Waals surface area contributed by atoms with E-state index < -0.39 is 27.9 Å². The number of halogens is 1. The van der Waals surface area contributed by atoms with Gasteiger partial charge in [0.05, 0.1) is 4.90 Å². The van der Waals surface area contributed by atoms with Crippen LogP contribution in [0.15, 0.2) is 95.9 Å². The van der Waals surface area contributed by atoms with E-state index in [2.05, 4.69) is 10.0 Å². The topological polar surface area (TPSA) is 113 Å². The maximum atomic E-state index is 13.1. The molecule has 39 heavy (non-hydrogen) atoms. The first-order valence-corrected chi connectivity index (χ1v) is 14.0. The van der Waals surface area contributed by atoms with Gasteiger partial charge in [-0.15, -0.1) is 0 Å². The third-order valence-electron chi connectivity index (χ3n) is 6.23. The Kier molecular flexibility index (Phi) is 8.38. The Morgan fingerprint density at radius 2 is 1.54 bits per heavy atom. The molecule has 0 spiro atoms. The van der Waals surface area contributed by atoms with Crippen LogP contribution in [0.25, 0.3) is 11.1 Å². The minimum absolute atomic E-state index is 0.150. The van der Waals surface area contributed by atoms with Crippen LogP contribution in [0.5, 0.6) is 0 Å². The van der Waals surface area contributed by atoms with E-state index in [0.29, 0.717) is 27.4 Å². The predicted molar refractivity (Wildman–Crippen MR) is 153 cm³/mol. The number of carboxylic acids is 1. The lowest BCUT2D eigenvalue weighted by atomic mass is 10.0. The van der Waals surface area contributed by atoms with Gasteiger partial charge in [0.2, 0.25) is 0 Å². The van der Waals surface area contributed by atoms with Crippen LogP contribution in [0.1, 0.15) is 27.0 Å². The van der Waals surface area contributed by atoms with E-state index in [-0.39, 0.29) is 11.3 Å². The number of rotatable bonds is 9. The number of aliphatic carboxylic acids is 1. The molecule has 3 N–H and O–H groups in total. The summed E-state index contributed by atoms with van der Waals surface area (Å²) in [6.07, 6.45) is 0.164. The van der Waals surface area contributed by atoms with Gasteiger partial charge in [0, 0.05) is 22.7 Å². The molecule has 0 aliphatic heterocycles. The molecule has 0 saturated heterocycles. The molecule has 0 aliphatic carbocycles. The van der Waals surface area contributed by atoms with Gasteiger partial charge in [-0.2, -0.15) is 0 Å². The van der Waals surface area contributed by atoms with Gasteiger partial charge < -0.3 is 10.4 Å². The molecule has 1 atom stereocenters. The van der Waals surface area contributed by atoms with Crippen molar-refractivity contribution in [3.8, 4) is 11.1 Å². The number of carboxylic acid groups (broad SMARTS) is 1. The van der Waals surface area contributed by atoms with Crippen molar-refractivity contribution < 1.29 is 23.1 Å². The lowest BCUT2D eigenvalue weighted by Crippen LogP contribution is -2.42. The van der Waals surface area contributed by atoms with E-state index in [4.69, 9.17) is 11.6 Å². The maximum absolute atomic E-state index is 13.1. The van der Waals surface area contributed by atoms with Gasteiger partial charge >= 0.3 is 5.97 Å². The molecule has 1 amide bonds. The smallest absolute Gasteiger partial charge is 0.326 e. The van der Waals surface area contributed by atoms with Crippen molar-refractivity contribution in [1.29, 1.82) is 0 Å². The number of carbonyl (C=O) groups excluding carboxylic acids is 1. The van der Waals surface area contributed by atoms with Gasteiger partial charge in [-0.05, 0) is 78.1 Å². The number of nitrogens with one attached hydrogen (secondary N) is 2. The average Bonchev–Trinajstić information content (AvgIpc) is 2.90. The van der Waals surface area contributed by atoms with Crippen molar-refractivity contribution in [3.63, 3.8) is 0 Å². The zero-order valence-electron chi connectivity index (χ0n) is 21.3. The monoisotopic (exact) mass is 562 g/mol. The highest BCUT2D eigenvalue weighted by Crippen LogP contribution is 2.28. The predicted octanol–water partition coefficient (Wildman–Crippen LogP) is 5.85. The number of hydrogen-bond acceptors (Lipinski definition) is 4. The van der Waals surface area contributed by atoms with Gasteiger partial charge in [-0.3, -0.25) is 9.52 Å². The molecule has 0 heterocycles.